The van der Waals surface area contributed by atoms with Crippen LogP contribution in [0.25, 0.3) is 0 Å². The topological polar surface area (TPSA) is 49.5 Å². The van der Waals surface area contributed by atoms with Crippen LogP contribution < -0.4 is 5.73 Å². The zero-order valence-corrected chi connectivity index (χ0v) is 10.6. The number of likely N-dealkylation sites (tertiary alicyclic amines) is 1. The van der Waals surface area contributed by atoms with Crippen LogP contribution >= 0.6 is 0 Å². The molecule has 0 aromatic heterocycles. The molecule has 2 unspecified atom stereocenters. The van der Waals surface area contributed by atoms with Crippen molar-refractivity contribution < 1.29 is 18.3 Å². The fourth-order valence-corrected chi connectivity index (χ4v) is 2.50. The summed E-state index contributed by atoms with van der Waals surface area (Å²) in [5.41, 5.74) is 5.24. The molecule has 1 fully saturated rings. The van der Waals surface area contributed by atoms with E-state index in [1.54, 1.807) is 0 Å². The molecule has 19 heavy (non-hydrogen) atoms. The maximum atomic E-state index is 12.5. The van der Waals surface area contributed by atoms with Crippen molar-refractivity contribution in [1.29, 1.82) is 0 Å². The van der Waals surface area contributed by atoms with Gasteiger partial charge >= 0.3 is 6.18 Å². The zero-order chi connectivity index (χ0) is 14.2. The van der Waals surface area contributed by atoms with Gasteiger partial charge in [-0.3, -0.25) is 0 Å². The van der Waals surface area contributed by atoms with Gasteiger partial charge in [0.15, 0.2) is 0 Å². The lowest BCUT2D eigenvalue weighted by molar-refractivity contribution is -0.137. The van der Waals surface area contributed by atoms with Crippen molar-refractivity contribution in [1.82, 2.24) is 4.90 Å². The molecule has 1 saturated heterocycles. The van der Waals surface area contributed by atoms with Crippen LogP contribution in [0, 0.1) is 5.92 Å². The largest absolute Gasteiger partial charge is 0.416 e. The molecule has 0 spiro atoms. The Bertz CT molecular complexity index is 462. The Labute approximate surface area is 109 Å². The second-order valence-electron chi connectivity index (χ2n) is 5.10. The number of rotatable bonds is 2. The molecule has 1 aromatic carbocycles. The van der Waals surface area contributed by atoms with E-state index in [9.17, 15) is 18.3 Å². The van der Waals surface area contributed by atoms with Gasteiger partial charge in [0.1, 0.15) is 0 Å². The van der Waals surface area contributed by atoms with Gasteiger partial charge in [-0.05, 0) is 32.1 Å². The Morgan fingerprint density at radius 1 is 1.42 bits per heavy atom. The van der Waals surface area contributed by atoms with E-state index < -0.39 is 17.8 Å². The highest BCUT2D eigenvalue weighted by Crippen LogP contribution is 2.36. The number of nitrogens with zero attached hydrogens (tertiary/aromatic N) is 1. The van der Waals surface area contributed by atoms with Crippen molar-refractivity contribution in [2.75, 3.05) is 25.9 Å². The van der Waals surface area contributed by atoms with Crippen LogP contribution in [-0.4, -0.2) is 30.1 Å². The van der Waals surface area contributed by atoms with Crippen LogP contribution in [0.15, 0.2) is 18.2 Å². The van der Waals surface area contributed by atoms with E-state index >= 15 is 0 Å². The lowest BCUT2D eigenvalue weighted by atomic mass is 9.93. The summed E-state index contributed by atoms with van der Waals surface area (Å²) in [7, 11) is 1.95. The minimum Gasteiger partial charge on any atom is -0.398 e. The third-order valence-electron chi connectivity index (χ3n) is 3.61. The Balaban J connectivity index is 2.21. The molecule has 6 heteroatoms. The standard InChI is InChI=1S/C13H17F3N2O/c1-18-5-4-8(7-18)12(19)10-3-2-9(6-11(10)17)13(14,15)16/h2-3,6,8,12,19H,4-5,7,17H2,1H3. The summed E-state index contributed by atoms with van der Waals surface area (Å²) in [5, 5.41) is 10.2. The van der Waals surface area contributed by atoms with Gasteiger partial charge in [0.05, 0.1) is 11.7 Å². The highest BCUT2D eigenvalue weighted by atomic mass is 19.4. The van der Waals surface area contributed by atoms with Gasteiger partial charge in [-0.2, -0.15) is 13.2 Å². The second-order valence-corrected chi connectivity index (χ2v) is 5.10. The SMILES string of the molecule is CN1CCC(C(O)c2ccc(C(F)(F)F)cc2N)C1. The molecule has 2 atom stereocenters. The molecule has 1 aliphatic heterocycles. The van der Waals surface area contributed by atoms with E-state index in [1.807, 2.05) is 7.05 Å². The van der Waals surface area contributed by atoms with Gasteiger partial charge in [-0.25, -0.2) is 0 Å². The smallest absolute Gasteiger partial charge is 0.398 e. The minimum atomic E-state index is -4.41. The third-order valence-corrected chi connectivity index (χ3v) is 3.61. The lowest BCUT2D eigenvalue weighted by Crippen LogP contribution is -2.19. The molecule has 0 radical (unpaired) electrons. The molecule has 3 nitrogen and oxygen atoms in total. The molecule has 0 aliphatic carbocycles. The molecule has 0 bridgehead atoms. The summed E-state index contributed by atoms with van der Waals surface area (Å²) in [4.78, 5) is 2.08. The molecule has 1 heterocycles. The van der Waals surface area contributed by atoms with E-state index in [-0.39, 0.29) is 11.6 Å². The van der Waals surface area contributed by atoms with Crippen LogP contribution in [-0.2, 0) is 6.18 Å². The Morgan fingerprint density at radius 3 is 2.58 bits per heavy atom. The molecular formula is C13H17F3N2O. The van der Waals surface area contributed by atoms with Crippen molar-refractivity contribution in [3.05, 3.63) is 29.3 Å². The van der Waals surface area contributed by atoms with E-state index in [0.29, 0.717) is 5.56 Å². The maximum absolute atomic E-state index is 12.5. The van der Waals surface area contributed by atoms with Crippen molar-refractivity contribution >= 4 is 5.69 Å². The first kappa shape index (κ1) is 14.1. The molecule has 3 N–H and O–H groups in total. The molecular weight excluding hydrogens is 257 g/mol. The Morgan fingerprint density at radius 2 is 2.11 bits per heavy atom. The highest BCUT2D eigenvalue weighted by Gasteiger charge is 2.33. The second kappa shape index (κ2) is 5.02. The van der Waals surface area contributed by atoms with Gasteiger partial charge in [0.25, 0.3) is 0 Å². The number of nitrogen functional groups attached to an aromatic ring is 1. The molecule has 0 saturated carbocycles. The maximum Gasteiger partial charge on any atom is 0.416 e. The summed E-state index contributed by atoms with van der Waals surface area (Å²) >= 11 is 0. The quantitative estimate of drug-likeness (QED) is 0.813. The van der Waals surface area contributed by atoms with Crippen LogP contribution in [0.5, 0.6) is 0 Å². The van der Waals surface area contributed by atoms with Crippen molar-refractivity contribution in [3.8, 4) is 0 Å². The minimum absolute atomic E-state index is 0.00289. The number of hydrogen-bond donors (Lipinski definition) is 2. The molecule has 1 aromatic rings. The van der Waals surface area contributed by atoms with Crippen LogP contribution in [0.2, 0.25) is 0 Å². The Kier molecular flexibility index (Phi) is 3.73. The average Bonchev–Trinajstić information content (AvgIpc) is 2.73. The third kappa shape index (κ3) is 3.01. The first-order valence-electron chi connectivity index (χ1n) is 6.12. The number of benzene rings is 1. The highest BCUT2D eigenvalue weighted by molar-refractivity contribution is 5.51. The monoisotopic (exact) mass is 274 g/mol. The summed E-state index contributed by atoms with van der Waals surface area (Å²) in [6, 6.07) is 3.13. The van der Waals surface area contributed by atoms with Gasteiger partial charge in [0, 0.05) is 23.7 Å². The van der Waals surface area contributed by atoms with E-state index in [2.05, 4.69) is 4.90 Å². The van der Waals surface area contributed by atoms with E-state index in [4.69, 9.17) is 5.73 Å². The number of aliphatic hydroxyl groups is 1. The summed E-state index contributed by atoms with van der Waals surface area (Å²) in [5.74, 6) is 0.0176. The van der Waals surface area contributed by atoms with Crippen molar-refractivity contribution in [2.45, 2.75) is 18.7 Å². The number of nitrogens with two attached hydrogens (primary N) is 1. The predicted molar refractivity (Wildman–Crippen MR) is 66.4 cm³/mol. The fourth-order valence-electron chi connectivity index (χ4n) is 2.50. The summed E-state index contributed by atoms with van der Waals surface area (Å²) in [6.07, 6.45) is -4.41. The fraction of sp³-hybridized carbons (Fsp3) is 0.538. The van der Waals surface area contributed by atoms with Gasteiger partial charge in [0.2, 0.25) is 0 Å². The molecule has 2 rings (SSSR count). The van der Waals surface area contributed by atoms with Crippen LogP contribution in [0.3, 0.4) is 0 Å². The van der Waals surface area contributed by atoms with Gasteiger partial charge in [-0.15, -0.1) is 0 Å². The normalized spacial score (nSPS) is 22.7. The first-order valence-corrected chi connectivity index (χ1v) is 6.12. The number of halogens is 3. The summed E-state index contributed by atoms with van der Waals surface area (Å²) in [6.45, 7) is 1.60. The number of alkyl halides is 3. The molecule has 106 valence electrons. The lowest BCUT2D eigenvalue weighted by Gasteiger charge is -2.20. The first-order chi connectivity index (χ1) is 8.79. The number of anilines is 1. The predicted octanol–water partition coefficient (Wildman–Crippen LogP) is 2.27. The van der Waals surface area contributed by atoms with E-state index in [0.717, 1.165) is 31.6 Å². The van der Waals surface area contributed by atoms with Crippen LogP contribution in [0.1, 0.15) is 23.7 Å². The van der Waals surface area contributed by atoms with Crippen LogP contribution in [0.4, 0.5) is 18.9 Å². The average molecular weight is 274 g/mol. The van der Waals surface area contributed by atoms with Crippen molar-refractivity contribution in [3.63, 3.8) is 0 Å². The summed E-state index contributed by atoms with van der Waals surface area (Å²) < 4.78 is 37.6. The van der Waals surface area contributed by atoms with E-state index in [1.165, 1.54) is 6.07 Å². The molecule has 0 amide bonds. The van der Waals surface area contributed by atoms with Gasteiger partial charge < -0.3 is 15.7 Å². The van der Waals surface area contributed by atoms with Crippen molar-refractivity contribution in [2.24, 2.45) is 5.92 Å². The number of aliphatic hydroxyl groups excluding tert-OH is 1. The van der Waals surface area contributed by atoms with Gasteiger partial charge in [-0.1, -0.05) is 6.07 Å². The number of hydrogen-bond acceptors (Lipinski definition) is 3. The Hall–Kier alpha value is -1.27. The molecule has 1 aliphatic rings. The zero-order valence-electron chi connectivity index (χ0n) is 10.6.